The normalized spacial score (nSPS) is 26.3. The lowest BCUT2D eigenvalue weighted by Crippen LogP contribution is -2.27. The Hall–Kier alpha value is -1.84. The summed E-state index contributed by atoms with van der Waals surface area (Å²) in [4.78, 5) is 27.2. The molecule has 1 fully saturated rings. The van der Waals surface area contributed by atoms with Crippen LogP contribution in [0.2, 0.25) is 0 Å². The summed E-state index contributed by atoms with van der Waals surface area (Å²) in [6.07, 6.45) is 1.19. The van der Waals surface area contributed by atoms with Gasteiger partial charge in [-0.25, -0.2) is 0 Å². The number of anilines is 2. The van der Waals surface area contributed by atoms with Crippen molar-refractivity contribution in [2.24, 2.45) is 5.92 Å². The molecule has 0 N–H and O–H groups in total. The molecule has 1 saturated heterocycles. The molecular weight excluding hydrogens is 240 g/mol. The first-order valence-corrected chi connectivity index (χ1v) is 6.72. The van der Waals surface area contributed by atoms with Crippen LogP contribution in [-0.4, -0.2) is 31.3 Å². The van der Waals surface area contributed by atoms with Crippen LogP contribution in [-0.2, 0) is 4.79 Å². The highest BCUT2D eigenvalue weighted by molar-refractivity contribution is 6.52. The van der Waals surface area contributed by atoms with E-state index >= 15 is 0 Å². The summed E-state index contributed by atoms with van der Waals surface area (Å²) in [5.41, 5.74) is 2.36. The van der Waals surface area contributed by atoms with Gasteiger partial charge in [-0.15, -0.1) is 0 Å². The molecule has 2 heterocycles. The average Bonchev–Trinajstić information content (AvgIpc) is 2.83. The summed E-state index contributed by atoms with van der Waals surface area (Å²) in [7, 11) is 1.66. The third-order valence-electron chi connectivity index (χ3n) is 4.20. The molecule has 0 radical (unpaired) electrons. The van der Waals surface area contributed by atoms with Crippen molar-refractivity contribution < 1.29 is 9.59 Å². The molecular formula is C15H18N2O2. The molecule has 0 bridgehead atoms. The zero-order valence-corrected chi connectivity index (χ0v) is 11.5. The van der Waals surface area contributed by atoms with E-state index < -0.39 is 11.7 Å². The quantitative estimate of drug-likeness (QED) is 0.724. The number of amides is 1. The fourth-order valence-corrected chi connectivity index (χ4v) is 3.20. The van der Waals surface area contributed by atoms with Crippen molar-refractivity contribution in [3.63, 3.8) is 0 Å². The van der Waals surface area contributed by atoms with Gasteiger partial charge >= 0.3 is 0 Å². The predicted molar refractivity (Wildman–Crippen MR) is 74.8 cm³/mol. The smallest absolute Gasteiger partial charge is 0.299 e. The Kier molecular flexibility index (Phi) is 2.62. The van der Waals surface area contributed by atoms with Gasteiger partial charge in [0.15, 0.2) is 0 Å². The van der Waals surface area contributed by atoms with Crippen LogP contribution in [0.3, 0.4) is 0 Å². The fraction of sp³-hybridized carbons (Fsp3) is 0.467. The molecule has 1 aromatic rings. The summed E-state index contributed by atoms with van der Waals surface area (Å²) < 4.78 is 0. The molecule has 0 aliphatic carbocycles. The summed E-state index contributed by atoms with van der Waals surface area (Å²) >= 11 is 0. The van der Waals surface area contributed by atoms with Gasteiger partial charge in [0, 0.05) is 25.3 Å². The molecule has 2 unspecified atom stereocenters. The Balaban J connectivity index is 1.99. The Morgan fingerprint density at radius 3 is 2.58 bits per heavy atom. The number of nitrogens with zero attached hydrogens (tertiary/aromatic N) is 2. The number of ketones is 1. The van der Waals surface area contributed by atoms with Crippen LogP contribution in [0, 0.1) is 5.92 Å². The standard InChI is InChI=1S/C15H18N2O2/c1-9-6-10(2)17(8-9)11-4-5-12-13(7-11)16(3)15(19)14(12)18/h4-5,7,9-10H,6,8H2,1-3H3. The summed E-state index contributed by atoms with van der Waals surface area (Å²) in [5, 5.41) is 0. The van der Waals surface area contributed by atoms with Crippen molar-refractivity contribution in [3.05, 3.63) is 23.8 Å². The number of carbonyl (C=O) groups excluding carboxylic acids is 2. The second kappa shape index (κ2) is 4.08. The number of benzene rings is 1. The van der Waals surface area contributed by atoms with Crippen LogP contribution in [0.15, 0.2) is 18.2 Å². The first-order chi connectivity index (χ1) is 8.99. The Morgan fingerprint density at radius 2 is 1.95 bits per heavy atom. The third-order valence-corrected chi connectivity index (χ3v) is 4.20. The molecule has 0 saturated carbocycles. The topological polar surface area (TPSA) is 40.6 Å². The number of rotatable bonds is 1. The Bertz CT molecular complexity index is 567. The van der Waals surface area contributed by atoms with Crippen LogP contribution in [0.1, 0.15) is 30.6 Å². The van der Waals surface area contributed by atoms with E-state index in [1.54, 1.807) is 13.1 Å². The highest BCUT2D eigenvalue weighted by atomic mass is 16.2. The molecule has 1 aromatic carbocycles. The lowest BCUT2D eigenvalue weighted by atomic mass is 10.1. The summed E-state index contributed by atoms with van der Waals surface area (Å²) in [6, 6.07) is 6.21. The molecule has 2 atom stereocenters. The van der Waals surface area contributed by atoms with E-state index in [1.807, 2.05) is 12.1 Å². The third kappa shape index (κ3) is 1.74. The number of hydrogen-bond donors (Lipinski definition) is 0. The van der Waals surface area contributed by atoms with E-state index in [0.29, 0.717) is 17.5 Å². The maximum atomic E-state index is 11.8. The van der Waals surface area contributed by atoms with Crippen molar-refractivity contribution in [1.82, 2.24) is 0 Å². The number of fused-ring (bicyclic) bond motifs is 1. The second-order valence-electron chi connectivity index (χ2n) is 5.74. The number of Topliss-reactive ketones (excluding diaryl/α,β-unsaturated/α-hetero) is 1. The van der Waals surface area contributed by atoms with E-state index in [1.165, 1.54) is 11.3 Å². The average molecular weight is 258 g/mol. The van der Waals surface area contributed by atoms with Gasteiger partial charge in [0.1, 0.15) is 0 Å². The molecule has 0 spiro atoms. The predicted octanol–water partition coefficient (Wildman–Crippen LogP) is 2.08. The van der Waals surface area contributed by atoms with Crippen molar-refractivity contribution in [1.29, 1.82) is 0 Å². The minimum Gasteiger partial charge on any atom is -0.368 e. The molecule has 3 rings (SSSR count). The molecule has 1 amide bonds. The van der Waals surface area contributed by atoms with Gasteiger partial charge in [-0.05, 0) is 37.5 Å². The van der Waals surface area contributed by atoms with Crippen LogP contribution < -0.4 is 9.80 Å². The van der Waals surface area contributed by atoms with Crippen LogP contribution in [0.25, 0.3) is 0 Å². The highest BCUT2D eigenvalue weighted by Crippen LogP contribution is 2.35. The lowest BCUT2D eigenvalue weighted by Gasteiger charge is -2.25. The molecule has 4 heteroatoms. The van der Waals surface area contributed by atoms with Gasteiger partial charge in [-0.2, -0.15) is 0 Å². The van der Waals surface area contributed by atoms with E-state index in [4.69, 9.17) is 0 Å². The number of carbonyl (C=O) groups is 2. The van der Waals surface area contributed by atoms with E-state index in [9.17, 15) is 9.59 Å². The minimum atomic E-state index is -0.435. The fourth-order valence-electron chi connectivity index (χ4n) is 3.20. The van der Waals surface area contributed by atoms with Gasteiger partial charge in [-0.1, -0.05) is 6.92 Å². The van der Waals surface area contributed by atoms with E-state index in [-0.39, 0.29) is 0 Å². The van der Waals surface area contributed by atoms with Crippen molar-refractivity contribution in [2.45, 2.75) is 26.3 Å². The largest absolute Gasteiger partial charge is 0.368 e. The first kappa shape index (κ1) is 12.2. The highest BCUT2D eigenvalue weighted by Gasteiger charge is 2.34. The van der Waals surface area contributed by atoms with Crippen LogP contribution >= 0.6 is 0 Å². The monoisotopic (exact) mass is 258 g/mol. The van der Waals surface area contributed by atoms with Crippen LogP contribution in [0.5, 0.6) is 0 Å². The molecule has 100 valence electrons. The molecule has 0 aromatic heterocycles. The Morgan fingerprint density at radius 1 is 1.21 bits per heavy atom. The van der Waals surface area contributed by atoms with Crippen molar-refractivity contribution in [2.75, 3.05) is 23.4 Å². The SMILES string of the molecule is CC1CC(C)N(c2ccc3c(c2)N(C)C(=O)C3=O)C1. The maximum absolute atomic E-state index is 11.8. The van der Waals surface area contributed by atoms with Crippen molar-refractivity contribution >= 4 is 23.1 Å². The van der Waals surface area contributed by atoms with Gasteiger partial charge in [-0.3, -0.25) is 9.59 Å². The molecule has 2 aliphatic rings. The van der Waals surface area contributed by atoms with E-state index in [2.05, 4.69) is 18.7 Å². The van der Waals surface area contributed by atoms with Gasteiger partial charge in [0.05, 0.1) is 11.3 Å². The zero-order valence-electron chi connectivity index (χ0n) is 11.5. The maximum Gasteiger partial charge on any atom is 0.299 e. The second-order valence-corrected chi connectivity index (χ2v) is 5.74. The van der Waals surface area contributed by atoms with Gasteiger partial charge in [0.2, 0.25) is 0 Å². The summed E-state index contributed by atoms with van der Waals surface area (Å²) in [5.74, 6) is -0.147. The lowest BCUT2D eigenvalue weighted by molar-refractivity contribution is -0.114. The minimum absolute atomic E-state index is 0.396. The van der Waals surface area contributed by atoms with E-state index in [0.717, 1.165) is 17.9 Å². The Labute approximate surface area is 113 Å². The zero-order chi connectivity index (χ0) is 13.7. The van der Waals surface area contributed by atoms with Crippen molar-refractivity contribution in [3.8, 4) is 0 Å². The molecule has 2 aliphatic heterocycles. The number of hydrogen-bond acceptors (Lipinski definition) is 3. The molecule has 4 nitrogen and oxygen atoms in total. The van der Waals surface area contributed by atoms with Gasteiger partial charge < -0.3 is 9.80 Å². The molecule has 19 heavy (non-hydrogen) atoms. The first-order valence-electron chi connectivity index (χ1n) is 6.72. The summed E-state index contributed by atoms with van der Waals surface area (Å²) in [6.45, 7) is 5.51. The van der Waals surface area contributed by atoms with Gasteiger partial charge in [0.25, 0.3) is 11.7 Å². The number of likely N-dealkylation sites (N-methyl/N-ethyl adjacent to an activating group) is 1. The van der Waals surface area contributed by atoms with Crippen LogP contribution in [0.4, 0.5) is 11.4 Å².